The van der Waals surface area contributed by atoms with Gasteiger partial charge in [0.15, 0.2) is 0 Å². The summed E-state index contributed by atoms with van der Waals surface area (Å²) in [7, 11) is -3.05. The van der Waals surface area contributed by atoms with Crippen LogP contribution in [-0.4, -0.2) is 41.5 Å². The maximum Gasteiger partial charge on any atom is 0.211 e. The number of imidazole rings is 1. The maximum atomic E-state index is 11.6. The van der Waals surface area contributed by atoms with E-state index in [0.717, 1.165) is 30.6 Å². The molecule has 0 aliphatic carbocycles. The molecule has 0 bridgehead atoms. The van der Waals surface area contributed by atoms with Crippen LogP contribution < -0.4 is 0 Å². The molecular weight excluding hydrogens is 286 g/mol. The molecule has 0 atom stereocenters. The van der Waals surface area contributed by atoms with Crippen molar-refractivity contribution in [1.82, 2.24) is 13.7 Å². The third-order valence-corrected chi connectivity index (χ3v) is 5.58. The van der Waals surface area contributed by atoms with Crippen LogP contribution in [0.2, 0.25) is 0 Å². The Bertz CT molecular complexity index is 743. The van der Waals surface area contributed by atoms with Crippen molar-refractivity contribution in [2.24, 2.45) is 0 Å². The molecule has 5 nitrogen and oxygen atoms in total. The van der Waals surface area contributed by atoms with Gasteiger partial charge in [0.1, 0.15) is 5.65 Å². The van der Waals surface area contributed by atoms with E-state index < -0.39 is 10.0 Å². The number of piperidine rings is 1. The first-order valence-corrected chi connectivity index (χ1v) is 9.25. The van der Waals surface area contributed by atoms with Crippen molar-refractivity contribution in [2.45, 2.75) is 32.1 Å². The second kappa shape index (κ2) is 5.42. The quantitative estimate of drug-likeness (QED) is 0.872. The van der Waals surface area contributed by atoms with Crippen LogP contribution in [0.4, 0.5) is 0 Å². The van der Waals surface area contributed by atoms with E-state index in [1.165, 1.54) is 11.8 Å². The number of aromatic nitrogens is 2. The molecule has 1 aliphatic rings. The molecule has 2 aromatic heterocycles. The van der Waals surface area contributed by atoms with Gasteiger partial charge < -0.3 is 4.40 Å². The van der Waals surface area contributed by atoms with Crippen molar-refractivity contribution in [2.75, 3.05) is 19.3 Å². The zero-order valence-corrected chi connectivity index (χ0v) is 13.3. The Morgan fingerprint density at radius 1 is 1.24 bits per heavy atom. The third-order valence-electron chi connectivity index (χ3n) is 4.28. The molecule has 3 rings (SSSR count). The number of pyridine rings is 1. The Kier molecular flexibility index (Phi) is 3.75. The fraction of sp³-hybridized carbons (Fsp3) is 0.533. The first-order valence-electron chi connectivity index (χ1n) is 7.40. The van der Waals surface area contributed by atoms with Gasteiger partial charge in [-0.05, 0) is 36.8 Å². The van der Waals surface area contributed by atoms with Gasteiger partial charge in [0.2, 0.25) is 10.0 Å². The summed E-state index contributed by atoms with van der Waals surface area (Å²) in [6.07, 6.45) is 8.20. The van der Waals surface area contributed by atoms with Crippen molar-refractivity contribution >= 4 is 15.7 Å². The summed E-state index contributed by atoms with van der Waals surface area (Å²) in [6.45, 7) is 3.33. The van der Waals surface area contributed by atoms with E-state index in [9.17, 15) is 8.42 Å². The van der Waals surface area contributed by atoms with E-state index in [-0.39, 0.29) is 0 Å². The van der Waals surface area contributed by atoms with Crippen LogP contribution >= 0.6 is 0 Å². The number of nitrogens with zero attached hydrogens (tertiary/aromatic N) is 3. The van der Waals surface area contributed by atoms with E-state index >= 15 is 0 Å². The van der Waals surface area contributed by atoms with Gasteiger partial charge in [-0.3, -0.25) is 0 Å². The molecular formula is C15H21N3O2S. The summed E-state index contributed by atoms with van der Waals surface area (Å²) < 4.78 is 26.8. The van der Waals surface area contributed by atoms with Crippen molar-refractivity contribution in [3.05, 3.63) is 35.8 Å². The molecule has 1 aliphatic heterocycles. The monoisotopic (exact) mass is 307 g/mol. The summed E-state index contributed by atoms with van der Waals surface area (Å²) in [6, 6.07) is 4.18. The van der Waals surface area contributed by atoms with Gasteiger partial charge >= 0.3 is 0 Å². The van der Waals surface area contributed by atoms with Gasteiger partial charge in [-0.1, -0.05) is 13.0 Å². The van der Waals surface area contributed by atoms with Crippen molar-refractivity contribution in [3.8, 4) is 0 Å². The lowest BCUT2D eigenvalue weighted by atomic mass is 9.91. The summed E-state index contributed by atoms with van der Waals surface area (Å²) >= 11 is 0. The molecule has 0 amide bonds. The molecule has 0 N–H and O–H groups in total. The highest BCUT2D eigenvalue weighted by atomic mass is 32.2. The van der Waals surface area contributed by atoms with Gasteiger partial charge in [0.05, 0.1) is 11.9 Å². The highest BCUT2D eigenvalue weighted by Crippen LogP contribution is 2.29. The smallest absolute Gasteiger partial charge is 0.211 e. The lowest BCUT2D eigenvalue weighted by Crippen LogP contribution is -2.37. The fourth-order valence-corrected chi connectivity index (χ4v) is 3.87. The van der Waals surface area contributed by atoms with Crippen molar-refractivity contribution in [3.63, 3.8) is 0 Å². The fourth-order valence-electron chi connectivity index (χ4n) is 2.99. The molecule has 0 radical (unpaired) electrons. The molecule has 21 heavy (non-hydrogen) atoms. The van der Waals surface area contributed by atoms with Gasteiger partial charge in [0, 0.05) is 25.5 Å². The first-order chi connectivity index (χ1) is 9.97. The van der Waals surface area contributed by atoms with Crippen LogP contribution in [0.25, 0.3) is 5.65 Å². The number of aryl methyl sites for hydroxylation is 1. The van der Waals surface area contributed by atoms with Crippen LogP contribution in [0.15, 0.2) is 24.5 Å². The second-order valence-electron chi connectivity index (χ2n) is 5.75. The Labute approximate surface area is 125 Å². The van der Waals surface area contributed by atoms with Crippen LogP contribution in [-0.2, 0) is 16.4 Å². The summed E-state index contributed by atoms with van der Waals surface area (Å²) in [5, 5.41) is 0. The molecule has 0 spiro atoms. The van der Waals surface area contributed by atoms with E-state index in [0.29, 0.717) is 19.0 Å². The van der Waals surface area contributed by atoms with Crippen molar-refractivity contribution in [1.29, 1.82) is 0 Å². The predicted octanol–water partition coefficient (Wildman–Crippen LogP) is 2.04. The minimum Gasteiger partial charge on any atom is -0.307 e. The van der Waals surface area contributed by atoms with Gasteiger partial charge in [0.25, 0.3) is 0 Å². The maximum absolute atomic E-state index is 11.6. The number of hydrogen-bond donors (Lipinski definition) is 0. The zero-order chi connectivity index (χ0) is 15.0. The van der Waals surface area contributed by atoms with E-state index in [4.69, 9.17) is 0 Å². The minimum atomic E-state index is -3.05. The lowest BCUT2D eigenvalue weighted by Gasteiger charge is -2.30. The normalized spacial score (nSPS) is 18.4. The Morgan fingerprint density at radius 3 is 2.57 bits per heavy atom. The number of rotatable bonds is 3. The van der Waals surface area contributed by atoms with Crippen LogP contribution in [0, 0.1) is 0 Å². The molecule has 2 aromatic rings. The average molecular weight is 307 g/mol. The molecule has 0 aromatic carbocycles. The standard InChI is InChI=1S/C15H21N3O2S/c1-3-14-11-17-10-13(4-5-15(17)16-14)12-6-8-18(9-7-12)21(2,19)20/h4-5,10-12H,3,6-9H2,1-2H3. The van der Waals surface area contributed by atoms with Crippen LogP contribution in [0.5, 0.6) is 0 Å². The first kappa shape index (κ1) is 14.5. The Balaban J connectivity index is 1.79. The minimum absolute atomic E-state index is 0.430. The summed E-state index contributed by atoms with van der Waals surface area (Å²) in [4.78, 5) is 4.54. The van der Waals surface area contributed by atoms with Crippen LogP contribution in [0.3, 0.4) is 0 Å². The highest BCUT2D eigenvalue weighted by molar-refractivity contribution is 7.88. The SMILES string of the molecule is CCc1cn2cc(C3CCN(S(C)(=O)=O)CC3)ccc2n1. The summed E-state index contributed by atoms with van der Waals surface area (Å²) in [5.41, 5.74) is 3.35. The molecule has 3 heterocycles. The number of hydrogen-bond acceptors (Lipinski definition) is 3. The van der Waals surface area contributed by atoms with Gasteiger partial charge in [-0.2, -0.15) is 0 Å². The Morgan fingerprint density at radius 2 is 1.95 bits per heavy atom. The van der Waals surface area contributed by atoms with E-state index in [1.807, 2.05) is 0 Å². The molecule has 1 fully saturated rings. The predicted molar refractivity (Wildman–Crippen MR) is 83.0 cm³/mol. The third kappa shape index (κ3) is 2.96. The molecule has 6 heteroatoms. The number of sulfonamides is 1. The largest absolute Gasteiger partial charge is 0.307 e. The average Bonchev–Trinajstić information content (AvgIpc) is 2.88. The molecule has 1 saturated heterocycles. The zero-order valence-electron chi connectivity index (χ0n) is 12.5. The Hall–Kier alpha value is -1.40. The second-order valence-corrected chi connectivity index (χ2v) is 7.73. The van der Waals surface area contributed by atoms with Gasteiger partial charge in [-0.25, -0.2) is 17.7 Å². The van der Waals surface area contributed by atoms with E-state index in [1.54, 1.807) is 4.31 Å². The summed E-state index contributed by atoms with van der Waals surface area (Å²) in [5.74, 6) is 0.430. The van der Waals surface area contributed by atoms with Crippen LogP contribution in [0.1, 0.15) is 36.9 Å². The van der Waals surface area contributed by atoms with E-state index in [2.05, 4.69) is 40.8 Å². The molecule has 0 unspecified atom stereocenters. The van der Waals surface area contributed by atoms with Crippen molar-refractivity contribution < 1.29 is 8.42 Å². The lowest BCUT2D eigenvalue weighted by molar-refractivity contribution is 0.321. The topological polar surface area (TPSA) is 54.7 Å². The number of fused-ring (bicyclic) bond motifs is 1. The van der Waals surface area contributed by atoms with Gasteiger partial charge in [-0.15, -0.1) is 0 Å². The molecule has 0 saturated carbocycles. The highest BCUT2D eigenvalue weighted by Gasteiger charge is 2.25. The molecule has 114 valence electrons.